The fraction of sp³-hybridized carbons (Fsp3) is 0.308. The zero-order valence-corrected chi connectivity index (χ0v) is 12.1. The van der Waals surface area contributed by atoms with E-state index in [1.807, 2.05) is 12.1 Å². The third kappa shape index (κ3) is 3.27. The molecule has 2 amide bonds. The standard InChI is InChI=1S/C13H12BrN3O3/c14-10-5-8-1-4-20-11(8)9(6-10)7-17-13(19)12(18)16-3-2-15/h5-6H,1,3-4,7H2,(H,16,18)(H,17,19). The van der Waals surface area contributed by atoms with Gasteiger partial charge in [0.25, 0.3) is 0 Å². The second-order valence-corrected chi connectivity index (χ2v) is 5.09. The monoisotopic (exact) mass is 337 g/mol. The van der Waals surface area contributed by atoms with E-state index in [1.54, 1.807) is 6.07 Å². The van der Waals surface area contributed by atoms with Crippen molar-refractivity contribution < 1.29 is 14.3 Å². The van der Waals surface area contributed by atoms with Crippen LogP contribution in [-0.2, 0) is 22.6 Å². The third-order valence-electron chi connectivity index (χ3n) is 2.80. The van der Waals surface area contributed by atoms with Gasteiger partial charge in [-0.15, -0.1) is 0 Å². The van der Waals surface area contributed by atoms with Gasteiger partial charge in [0.15, 0.2) is 0 Å². The second-order valence-electron chi connectivity index (χ2n) is 4.18. The highest BCUT2D eigenvalue weighted by Gasteiger charge is 2.19. The molecule has 0 saturated carbocycles. The van der Waals surface area contributed by atoms with Crippen LogP contribution in [0.2, 0.25) is 0 Å². The van der Waals surface area contributed by atoms with Gasteiger partial charge in [-0.05, 0) is 17.7 Å². The van der Waals surface area contributed by atoms with Crippen LogP contribution >= 0.6 is 15.9 Å². The molecule has 0 spiro atoms. The number of ether oxygens (including phenoxy) is 1. The summed E-state index contributed by atoms with van der Waals surface area (Å²) in [5.41, 5.74) is 1.89. The normalized spacial score (nSPS) is 12.0. The Balaban J connectivity index is 2.00. The van der Waals surface area contributed by atoms with Gasteiger partial charge in [0, 0.05) is 23.0 Å². The molecular formula is C13H12BrN3O3. The van der Waals surface area contributed by atoms with Crippen LogP contribution in [-0.4, -0.2) is 25.0 Å². The molecule has 1 aliphatic rings. The van der Waals surface area contributed by atoms with Crippen molar-refractivity contribution in [2.24, 2.45) is 0 Å². The fourth-order valence-corrected chi connectivity index (χ4v) is 2.49. The van der Waals surface area contributed by atoms with Crippen LogP contribution in [0.5, 0.6) is 5.75 Å². The lowest BCUT2D eigenvalue weighted by molar-refractivity contribution is -0.139. The molecule has 2 N–H and O–H groups in total. The van der Waals surface area contributed by atoms with Crippen molar-refractivity contribution in [2.75, 3.05) is 13.2 Å². The Kier molecular flexibility index (Phi) is 4.58. The zero-order valence-electron chi connectivity index (χ0n) is 10.5. The van der Waals surface area contributed by atoms with Gasteiger partial charge < -0.3 is 15.4 Å². The Morgan fingerprint density at radius 3 is 2.85 bits per heavy atom. The first kappa shape index (κ1) is 14.3. The molecule has 1 aliphatic heterocycles. The lowest BCUT2D eigenvalue weighted by Gasteiger charge is -2.10. The van der Waals surface area contributed by atoms with Crippen LogP contribution in [0.25, 0.3) is 0 Å². The molecule has 0 saturated heterocycles. The van der Waals surface area contributed by atoms with E-state index < -0.39 is 11.8 Å². The van der Waals surface area contributed by atoms with Gasteiger partial charge in [-0.3, -0.25) is 9.59 Å². The molecule has 1 aromatic rings. The van der Waals surface area contributed by atoms with Crippen molar-refractivity contribution in [1.82, 2.24) is 10.6 Å². The lowest BCUT2D eigenvalue weighted by atomic mass is 10.1. The average molecular weight is 338 g/mol. The van der Waals surface area contributed by atoms with Crippen LogP contribution < -0.4 is 15.4 Å². The topological polar surface area (TPSA) is 91.2 Å². The first-order chi connectivity index (χ1) is 9.61. The van der Waals surface area contributed by atoms with Crippen LogP contribution in [0.15, 0.2) is 16.6 Å². The minimum atomic E-state index is -0.820. The molecule has 0 aromatic heterocycles. The van der Waals surface area contributed by atoms with Crippen molar-refractivity contribution in [3.8, 4) is 11.8 Å². The molecule has 0 radical (unpaired) electrons. The Hall–Kier alpha value is -2.07. The summed E-state index contributed by atoms with van der Waals surface area (Å²) in [7, 11) is 0. The van der Waals surface area contributed by atoms with Crippen molar-refractivity contribution >= 4 is 27.7 Å². The predicted molar refractivity (Wildman–Crippen MR) is 73.8 cm³/mol. The average Bonchev–Trinajstić information content (AvgIpc) is 2.89. The van der Waals surface area contributed by atoms with Gasteiger partial charge in [-0.25, -0.2) is 0 Å². The van der Waals surface area contributed by atoms with Gasteiger partial charge in [-0.2, -0.15) is 5.26 Å². The van der Waals surface area contributed by atoms with Gasteiger partial charge in [0.05, 0.1) is 12.7 Å². The van der Waals surface area contributed by atoms with E-state index in [0.29, 0.717) is 6.61 Å². The minimum absolute atomic E-state index is 0.193. The van der Waals surface area contributed by atoms with E-state index in [9.17, 15) is 9.59 Å². The minimum Gasteiger partial charge on any atom is -0.493 e. The Morgan fingerprint density at radius 2 is 2.10 bits per heavy atom. The highest BCUT2D eigenvalue weighted by molar-refractivity contribution is 9.10. The number of amides is 2. The number of benzene rings is 1. The van der Waals surface area contributed by atoms with Gasteiger partial charge in [0.1, 0.15) is 12.3 Å². The van der Waals surface area contributed by atoms with Gasteiger partial charge in [-0.1, -0.05) is 15.9 Å². The molecule has 0 aliphatic carbocycles. The molecule has 0 fully saturated rings. The number of nitrogens with zero attached hydrogens (tertiary/aromatic N) is 1. The summed E-state index contributed by atoms with van der Waals surface area (Å²) in [5, 5.41) is 13.0. The number of nitrogens with one attached hydrogen (secondary N) is 2. The van der Waals surface area contributed by atoms with Crippen molar-refractivity contribution in [3.63, 3.8) is 0 Å². The zero-order chi connectivity index (χ0) is 14.5. The van der Waals surface area contributed by atoms with Crippen molar-refractivity contribution in [2.45, 2.75) is 13.0 Å². The summed E-state index contributed by atoms with van der Waals surface area (Å²) in [6.45, 7) is 0.623. The summed E-state index contributed by atoms with van der Waals surface area (Å²) in [5.74, 6) is -0.822. The smallest absolute Gasteiger partial charge is 0.310 e. The third-order valence-corrected chi connectivity index (χ3v) is 3.26. The second kappa shape index (κ2) is 6.39. The molecule has 1 aromatic carbocycles. The summed E-state index contributed by atoms with van der Waals surface area (Å²) >= 11 is 3.40. The van der Waals surface area contributed by atoms with E-state index in [0.717, 1.165) is 27.8 Å². The lowest BCUT2D eigenvalue weighted by Crippen LogP contribution is -2.39. The van der Waals surface area contributed by atoms with Crippen LogP contribution in [0.3, 0.4) is 0 Å². The van der Waals surface area contributed by atoms with E-state index in [1.165, 1.54) is 0 Å². The quantitative estimate of drug-likeness (QED) is 0.625. The van der Waals surface area contributed by atoms with E-state index in [-0.39, 0.29) is 13.1 Å². The maximum absolute atomic E-state index is 11.5. The summed E-state index contributed by atoms with van der Waals surface area (Å²) in [6.07, 6.45) is 0.832. The molecule has 104 valence electrons. The summed E-state index contributed by atoms with van der Waals surface area (Å²) < 4.78 is 6.43. The SMILES string of the molecule is N#CCNC(=O)C(=O)NCc1cc(Br)cc2c1OCC2. The van der Waals surface area contributed by atoms with Crippen LogP contribution in [0.1, 0.15) is 11.1 Å². The van der Waals surface area contributed by atoms with Gasteiger partial charge in [0.2, 0.25) is 0 Å². The summed E-state index contributed by atoms with van der Waals surface area (Å²) in [6, 6.07) is 5.55. The van der Waals surface area contributed by atoms with Crippen molar-refractivity contribution in [1.29, 1.82) is 5.26 Å². The maximum atomic E-state index is 11.5. The van der Waals surface area contributed by atoms with E-state index in [4.69, 9.17) is 10.00 Å². The number of hydrogen-bond donors (Lipinski definition) is 2. The Labute approximate surface area is 124 Å². The number of nitriles is 1. The molecule has 0 bridgehead atoms. The maximum Gasteiger partial charge on any atom is 0.310 e. The number of fused-ring (bicyclic) bond motifs is 1. The highest BCUT2D eigenvalue weighted by atomic mass is 79.9. The number of carbonyl (C=O) groups is 2. The molecule has 0 unspecified atom stereocenters. The molecule has 6 nitrogen and oxygen atoms in total. The molecular weight excluding hydrogens is 326 g/mol. The molecule has 1 heterocycles. The first-order valence-corrected chi connectivity index (χ1v) is 6.78. The number of carbonyl (C=O) groups excluding carboxylic acids is 2. The van der Waals surface area contributed by atoms with Gasteiger partial charge >= 0.3 is 11.8 Å². The molecule has 20 heavy (non-hydrogen) atoms. The summed E-state index contributed by atoms with van der Waals surface area (Å²) in [4.78, 5) is 22.8. The number of hydrogen-bond acceptors (Lipinski definition) is 4. The fourth-order valence-electron chi connectivity index (χ4n) is 1.93. The molecule has 7 heteroatoms. The predicted octanol–water partition coefficient (Wildman–Crippen LogP) is 0.640. The first-order valence-electron chi connectivity index (χ1n) is 5.99. The van der Waals surface area contributed by atoms with E-state index >= 15 is 0 Å². The molecule has 2 rings (SSSR count). The van der Waals surface area contributed by atoms with Crippen LogP contribution in [0.4, 0.5) is 0 Å². The Bertz CT molecular complexity index is 595. The van der Waals surface area contributed by atoms with E-state index in [2.05, 4.69) is 26.6 Å². The van der Waals surface area contributed by atoms with Crippen LogP contribution in [0, 0.1) is 11.3 Å². The number of halogens is 1. The largest absolute Gasteiger partial charge is 0.493 e. The van der Waals surface area contributed by atoms with Crippen molar-refractivity contribution in [3.05, 3.63) is 27.7 Å². The Morgan fingerprint density at radius 1 is 1.35 bits per heavy atom. The highest BCUT2D eigenvalue weighted by Crippen LogP contribution is 2.32. The number of rotatable bonds is 3. The molecule has 0 atom stereocenters.